The van der Waals surface area contributed by atoms with E-state index in [0.717, 1.165) is 18.7 Å². The predicted molar refractivity (Wildman–Crippen MR) is 163 cm³/mol. The Kier molecular flexibility index (Phi) is 12.8. The summed E-state index contributed by atoms with van der Waals surface area (Å²) in [5.74, 6) is -0.0259. The number of rotatable bonds is 16. The number of hydrogen-bond donors (Lipinski definition) is 2. The van der Waals surface area contributed by atoms with Gasteiger partial charge in [-0.1, -0.05) is 69.3 Å². The highest BCUT2D eigenvalue weighted by molar-refractivity contribution is 5.91. The van der Waals surface area contributed by atoms with Gasteiger partial charge < -0.3 is 20.3 Å². The Balaban J connectivity index is 1.71. The lowest BCUT2D eigenvalue weighted by atomic mass is 9.98. The lowest BCUT2D eigenvalue weighted by Crippen LogP contribution is -2.50. The number of carbonyl (C=O) groups is 3. The van der Waals surface area contributed by atoms with E-state index in [1.807, 2.05) is 43.3 Å². The van der Waals surface area contributed by atoms with Crippen LogP contribution < -0.4 is 15.5 Å². The molecule has 8 heteroatoms. The summed E-state index contributed by atoms with van der Waals surface area (Å²) < 4.78 is 6.11. The third-order valence-electron chi connectivity index (χ3n) is 7.52. The van der Waals surface area contributed by atoms with Crippen LogP contribution in [0.4, 0.5) is 5.69 Å². The molecule has 1 aliphatic heterocycles. The van der Waals surface area contributed by atoms with E-state index in [1.165, 1.54) is 11.3 Å². The van der Waals surface area contributed by atoms with E-state index in [2.05, 4.69) is 66.3 Å². The Morgan fingerprint density at radius 3 is 2.34 bits per heavy atom. The molecule has 0 bridgehead atoms. The highest BCUT2D eigenvalue weighted by atomic mass is 16.5. The first-order valence-corrected chi connectivity index (χ1v) is 14.9. The molecule has 1 unspecified atom stereocenters. The zero-order valence-corrected chi connectivity index (χ0v) is 25.3. The maximum atomic E-state index is 13.7. The Morgan fingerprint density at radius 2 is 1.66 bits per heavy atom. The van der Waals surface area contributed by atoms with Gasteiger partial charge in [0.15, 0.2) is 5.78 Å². The Bertz CT molecular complexity index is 1110. The summed E-state index contributed by atoms with van der Waals surface area (Å²) in [5, 5.41) is 5.74. The zero-order chi connectivity index (χ0) is 29.8. The Hall–Kier alpha value is -3.23. The summed E-state index contributed by atoms with van der Waals surface area (Å²) in [6, 6.07) is 17.9. The number of anilines is 1. The Labute approximate surface area is 245 Å². The third-order valence-corrected chi connectivity index (χ3v) is 7.52. The van der Waals surface area contributed by atoms with Gasteiger partial charge in [0, 0.05) is 37.9 Å². The number of carbonyl (C=O) groups excluding carboxylic acids is 3. The number of ether oxygens (including phenoxy) is 1. The van der Waals surface area contributed by atoms with Crippen LogP contribution >= 0.6 is 0 Å². The molecule has 2 N–H and O–H groups in total. The highest BCUT2D eigenvalue weighted by Crippen LogP contribution is 2.26. The number of nitrogens with one attached hydrogen (secondary N) is 2. The van der Waals surface area contributed by atoms with Gasteiger partial charge in [0.1, 0.15) is 6.10 Å². The van der Waals surface area contributed by atoms with E-state index < -0.39 is 12.1 Å². The minimum atomic E-state index is -0.745. The summed E-state index contributed by atoms with van der Waals surface area (Å²) in [6.07, 6.45) is 0.900. The normalized spacial score (nSPS) is 16.0. The number of para-hydroxylation sites is 1. The molecule has 8 nitrogen and oxygen atoms in total. The second kappa shape index (κ2) is 16.3. The molecule has 0 spiro atoms. The highest BCUT2D eigenvalue weighted by Gasteiger charge is 2.30. The van der Waals surface area contributed by atoms with Crippen molar-refractivity contribution in [2.75, 3.05) is 31.1 Å². The van der Waals surface area contributed by atoms with Gasteiger partial charge >= 0.3 is 0 Å². The van der Waals surface area contributed by atoms with E-state index >= 15 is 0 Å². The largest absolute Gasteiger partial charge is 0.368 e. The van der Waals surface area contributed by atoms with Crippen LogP contribution in [0, 0.1) is 11.8 Å². The lowest BCUT2D eigenvalue weighted by Gasteiger charge is -2.29. The van der Waals surface area contributed by atoms with Crippen molar-refractivity contribution in [3.05, 3.63) is 65.7 Å². The fourth-order valence-corrected chi connectivity index (χ4v) is 5.34. The van der Waals surface area contributed by atoms with Gasteiger partial charge in [-0.3, -0.25) is 19.3 Å². The number of amides is 2. The van der Waals surface area contributed by atoms with Gasteiger partial charge in [0.05, 0.1) is 19.2 Å². The second-order valence-corrected chi connectivity index (χ2v) is 11.9. The first-order chi connectivity index (χ1) is 19.7. The van der Waals surface area contributed by atoms with Crippen LogP contribution in [0.5, 0.6) is 0 Å². The van der Waals surface area contributed by atoms with Gasteiger partial charge in [0.25, 0.3) is 0 Å². The van der Waals surface area contributed by atoms with E-state index in [9.17, 15) is 14.4 Å². The van der Waals surface area contributed by atoms with Crippen molar-refractivity contribution >= 4 is 23.8 Å². The molecule has 41 heavy (non-hydrogen) atoms. The van der Waals surface area contributed by atoms with Crippen LogP contribution in [-0.2, 0) is 32.3 Å². The molecule has 224 valence electrons. The number of nitrogens with zero attached hydrogens (tertiary/aromatic N) is 2. The SMILES string of the molecule is CC(C)C[C@H](NC(=O)[C@H](CC(C)CNC=O)OCc1ccccc1)C(=O)CN1CCN(C(C)C)c2ccccc2C1. The maximum Gasteiger partial charge on any atom is 0.249 e. The number of hydrogen-bond acceptors (Lipinski definition) is 6. The maximum absolute atomic E-state index is 13.7. The molecule has 2 amide bonds. The molecule has 1 heterocycles. The standard InChI is InChI=1S/C33H48N4O4/c1-24(2)17-29(31(39)21-36-15-16-37(25(3)4)30-14-10-9-13-28(30)20-36)35-33(40)32(18-26(5)19-34-23-38)41-22-27-11-7-6-8-12-27/h6-14,23-26,29,32H,15-22H2,1-5H3,(H,34,38)(H,35,40)/t26?,29-,32-/m0/s1. The average Bonchev–Trinajstić information content (AvgIpc) is 3.13. The Morgan fingerprint density at radius 1 is 0.951 bits per heavy atom. The molecule has 0 aromatic heterocycles. The second-order valence-electron chi connectivity index (χ2n) is 11.9. The average molecular weight is 565 g/mol. The van der Waals surface area contributed by atoms with Crippen molar-refractivity contribution in [2.24, 2.45) is 11.8 Å². The van der Waals surface area contributed by atoms with Crippen LogP contribution in [0.3, 0.4) is 0 Å². The molecule has 0 fully saturated rings. The zero-order valence-electron chi connectivity index (χ0n) is 25.3. The fourth-order valence-electron chi connectivity index (χ4n) is 5.34. The summed E-state index contributed by atoms with van der Waals surface area (Å²) in [7, 11) is 0. The molecule has 2 aromatic rings. The van der Waals surface area contributed by atoms with Gasteiger partial charge in [-0.05, 0) is 55.7 Å². The number of fused-ring (bicyclic) bond motifs is 1. The van der Waals surface area contributed by atoms with Crippen molar-refractivity contribution in [3.8, 4) is 0 Å². The number of ketones is 1. The van der Waals surface area contributed by atoms with Crippen LogP contribution in [0.25, 0.3) is 0 Å². The van der Waals surface area contributed by atoms with Gasteiger partial charge in [-0.15, -0.1) is 0 Å². The smallest absolute Gasteiger partial charge is 0.249 e. The minimum absolute atomic E-state index is 0.0139. The minimum Gasteiger partial charge on any atom is -0.368 e. The van der Waals surface area contributed by atoms with Crippen molar-refractivity contribution in [2.45, 2.75) is 78.8 Å². The topological polar surface area (TPSA) is 91.0 Å². The first kappa shape index (κ1) is 32.3. The molecule has 0 saturated heterocycles. The van der Waals surface area contributed by atoms with Crippen LogP contribution in [0.1, 0.15) is 58.6 Å². The summed E-state index contributed by atoms with van der Waals surface area (Å²) >= 11 is 0. The molecule has 0 saturated carbocycles. The van der Waals surface area contributed by atoms with Gasteiger partial charge in [0.2, 0.25) is 12.3 Å². The molecule has 0 aliphatic carbocycles. The molecular weight excluding hydrogens is 516 g/mol. The molecule has 1 aliphatic rings. The van der Waals surface area contributed by atoms with Gasteiger partial charge in [-0.25, -0.2) is 0 Å². The van der Waals surface area contributed by atoms with Crippen molar-refractivity contribution < 1.29 is 19.1 Å². The van der Waals surface area contributed by atoms with E-state index in [-0.39, 0.29) is 36.7 Å². The number of benzene rings is 2. The molecule has 2 aromatic carbocycles. The van der Waals surface area contributed by atoms with E-state index in [4.69, 9.17) is 4.74 Å². The number of Topliss-reactive ketones (excluding diaryl/α,β-unsaturated/α-hetero) is 1. The first-order valence-electron chi connectivity index (χ1n) is 14.9. The van der Waals surface area contributed by atoms with E-state index in [1.54, 1.807) is 0 Å². The monoisotopic (exact) mass is 564 g/mol. The molecule has 3 rings (SSSR count). The lowest BCUT2D eigenvalue weighted by molar-refractivity contribution is -0.138. The summed E-state index contributed by atoms with van der Waals surface area (Å²) in [5.41, 5.74) is 3.40. The van der Waals surface area contributed by atoms with Crippen molar-refractivity contribution in [1.29, 1.82) is 0 Å². The van der Waals surface area contributed by atoms with Gasteiger partial charge in [-0.2, -0.15) is 0 Å². The van der Waals surface area contributed by atoms with Crippen molar-refractivity contribution in [3.63, 3.8) is 0 Å². The fraction of sp³-hybridized carbons (Fsp3) is 0.545. The summed E-state index contributed by atoms with van der Waals surface area (Å²) in [6.45, 7) is 13.8. The summed E-state index contributed by atoms with van der Waals surface area (Å²) in [4.78, 5) is 42.7. The molecular formula is C33H48N4O4. The van der Waals surface area contributed by atoms with E-state index in [0.29, 0.717) is 38.4 Å². The van der Waals surface area contributed by atoms with Crippen LogP contribution in [-0.4, -0.2) is 67.4 Å². The predicted octanol–water partition coefficient (Wildman–Crippen LogP) is 4.17. The third kappa shape index (κ3) is 10.3. The van der Waals surface area contributed by atoms with Crippen LogP contribution in [0.2, 0.25) is 0 Å². The molecule has 0 radical (unpaired) electrons. The van der Waals surface area contributed by atoms with Crippen LogP contribution in [0.15, 0.2) is 54.6 Å². The molecule has 3 atom stereocenters. The quantitative estimate of drug-likeness (QED) is 0.298. The van der Waals surface area contributed by atoms with Crippen molar-refractivity contribution in [1.82, 2.24) is 15.5 Å².